The molecule has 56 valence electrons. The van der Waals surface area contributed by atoms with Crippen molar-refractivity contribution in [3.63, 3.8) is 0 Å². The van der Waals surface area contributed by atoms with E-state index in [1.54, 1.807) is 5.57 Å². The molecule has 0 heterocycles. The molecule has 0 amide bonds. The Morgan fingerprint density at radius 2 is 2.40 bits per heavy atom. The lowest BCUT2D eigenvalue weighted by molar-refractivity contribution is 0.383. The maximum Gasteiger partial charge on any atom is -0.000187 e. The summed E-state index contributed by atoms with van der Waals surface area (Å²) in [5, 5.41) is 0. The molecule has 10 heavy (non-hydrogen) atoms. The van der Waals surface area contributed by atoms with Gasteiger partial charge in [-0.3, -0.25) is 0 Å². The zero-order chi connectivity index (χ0) is 6.97. The minimum absolute atomic E-state index is 1.06. The van der Waals surface area contributed by atoms with Crippen molar-refractivity contribution in [2.75, 3.05) is 4.43 Å². The second-order valence-electron chi connectivity index (χ2n) is 3.50. The molecule has 2 aliphatic rings. The minimum atomic E-state index is 1.06. The van der Waals surface area contributed by atoms with Crippen LogP contribution in [0.5, 0.6) is 0 Å². The van der Waals surface area contributed by atoms with Gasteiger partial charge < -0.3 is 0 Å². The van der Waals surface area contributed by atoms with Crippen LogP contribution in [0, 0.1) is 11.8 Å². The van der Waals surface area contributed by atoms with Gasteiger partial charge >= 0.3 is 0 Å². The molecule has 2 unspecified atom stereocenters. The van der Waals surface area contributed by atoms with Crippen LogP contribution in [-0.4, -0.2) is 4.43 Å². The number of allylic oxidation sites excluding steroid dienone is 2. The number of hydrogen-bond donors (Lipinski definition) is 0. The summed E-state index contributed by atoms with van der Waals surface area (Å²) in [4.78, 5) is 0. The average molecular weight is 248 g/mol. The lowest BCUT2D eigenvalue weighted by Gasteiger charge is -2.16. The highest BCUT2D eigenvalue weighted by Crippen LogP contribution is 2.45. The number of alkyl halides is 1. The Kier molecular flexibility index (Phi) is 2.03. The Morgan fingerprint density at radius 1 is 1.50 bits per heavy atom. The first kappa shape index (κ1) is 7.14. The largest absolute Gasteiger partial charge is 0.0864 e. The smallest absolute Gasteiger partial charge is 0.000187 e. The van der Waals surface area contributed by atoms with Crippen molar-refractivity contribution in [3.05, 3.63) is 11.6 Å². The SMILES string of the molecule is ICCC1CC2=CCC1C2. The Balaban J connectivity index is 1.97. The summed E-state index contributed by atoms with van der Waals surface area (Å²) in [7, 11) is 0. The number of hydrogen-bond acceptors (Lipinski definition) is 0. The van der Waals surface area contributed by atoms with Gasteiger partial charge in [-0.25, -0.2) is 0 Å². The third-order valence-corrected chi connectivity index (χ3v) is 3.53. The molecule has 0 N–H and O–H groups in total. The van der Waals surface area contributed by atoms with Crippen LogP contribution >= 0.6 is 22.6 Å². The van der Waals surface area contributed by atoms with Crippen LogP contribution in [0.1, 0.15) is 25.7 Å². The highest BCUT2D eigenvalue weighted by molar-refractivity contribution is 14.1. The molecule has 1 saturated carbocycles. The lowest BCUT2D eigenvalue weighted by Crippen LogP contribution is -2.07. The molecule has 2 aliphatic carbocycles. The monoisotopic (exact) mass is 248 g/mol. The third kappa shape index (κ3) is 1.13. The van der Waals surface area contributed by atoms with Gasteiger partial charge in [-0.15, -0.1) is 0 Å². The number of fused-ring (bicyclic) bond motifs is 2. The lowest BCUT2D eigenvalue weighted by atomic mass is 9.90. The van der Waals surface area contributed by atoms with E-state index in [2.05, 4.69) is 28.7 Å². The van der Waals surface area contributed by atoms with Crippen LogP contribution in [-0.2, 0) is 0 Å². The quantitative estimate of drug-likeness (QED) is 0.400. The van der Waals surface area contributed by atoms with Crippen molar-refractivity contribution in [2.45, 2.75) is 25.7 Å². The molecule has 2 atom stereocenters. The first-order valence-corrected chi connectivity index (χ1v) is 5.66. The van der Waals surface area contributed by atoms with Crippen LogP contribution in [0.4, 0.5) is 0 Å². The first-order chi connectivity index (χ1) is 4.90. The molecule has 0 aromatic carbocycles. The normalized spacial score (nSPS) is 36.7. The van der Waals surface area contributed by atoms with E-state index >= 15 is 0 Å². The summed E-state index contributed by atoms with van der Waals surface area (Å²) in [6, 6.07) is 0. The van der Waals surface area contributed by atoms with Gasteiger partial charge in [0.25, 0.3) is 0 Å². The van der Waals surface area contributed by atoms with Gasteiger partial charge in [0.05, 0.1) is 0 Å². The van der Waals surface area contributed by atoms with E-state index in [0.717, 1.165) is 11.8 Å². The molecule has 0 radical (unpaired) electrons. The van der Waals surface area contributed by atoms with Crippen LogP contribution in [0.15, 0.2) is 11.6 Å². The Bertz CT molecular complexity index is 160. The van der Waals surface area contributed by atoms with Gasteiger partial charge in [0, 0.05) is 0 Å². The van der Waals surface area contributed by atoms with E-state index in [1.807, 2.05) is 0 Å². The molecular weight excluding hydrogens is 235 g/mol. The zero-order valence-corrected chi connectivity index (χ0v) is 8.30. The van der Waals surface area contributed by atoms with Crippen molar-refractivity contribution in [2.24, 2.45) is 11.8 Å². The third-order valence-electron chi connectivity index (χ3n) is 2.90. The van der Waals surface area contributed by atoms with Gasteiger partial charge in [0.2, 0.25) is 0 Å². The second kappa shape index (κ2) is 2.84. The topological polar surface area (TPSA) is 0 Å². The summed E-state index contributed by atoms with van der Waals surface area (Å²) in [5.41, 5.74) is 1.76. The van der Waals surface area contributed by atoms with Gasteiger partial charge in [-0.05, 0) is 41.9 Å². The van der Waals surface area contributed by atoms with E-state index in [9.17, 15) is 0 Å². The van der Waals surface area contributed by atoms with Gasteiger partial charge in [0.1, 0.15) is 0 Å². The zero-order valence-electron chi connectivity index (χ0n) is 6.15. The molecule has 1 fully saturated rings. The molecular formula is C9H13I. The summed E-state index contributed by atoms with van der Waals surface area (Å²) in [6.45, 7) is 0. The maximum atomic E-state index is 2.50. The van der Waals surface area contributed by atoms with Crippen molar-refractivity contribution in [1.82, 2.24) is 0 Å². The number of halogens is 1. The van der Waals surface area contributed by atoms with Crippen molar-refractivity contribution in [3.8, 4) is 0 Å². The molecule has 2 rings (SSSR count). The molecule has 0 spiro atoms. The fraction of sp³-hybridized carbons (Fsp3) is 0.778. The molecule has 0 aromatic rings. The Hall–Kier alpha value is 0.470. The van der Waals surface area contributed by atoms with Gasteiger partial charge in [-0.1, -0.05) is 34.2 Å². The summed E-state index contributed by atoms with van der Waals surface area (Å²) < 4.78 is 1.35. The average Bonchev–Trinajstić information content (AvgIpc) is 2.48. The van der Waals surface area contributed by atoms with Crippen molar-refractivity contribution < 1.29 is 0 Å². The molecule has 1 heteroatoms. The molecule has 0 nitrogen and oxygen atoms in total. The van der Waals surface area contributed by atoms with Crippen molar-refractivity contribution >= 4 is 22.6 Å². The van der Waals surface area contributed by atoms with E-state index in [1.165, 1.54) is 30.1 Å². The van der Waals surface area contributed by atoms with Crippen LogP contribution < -0.4 is 0 Å². The van der Waals surface area contributed by atoms with Gasteiger partial charge in [-0.2, -0.15) is 0 Å². The minimum Gasteiger partial charge on any atom is -0.0864 e. The fourth-order valence-corrected chi connectivity index (χ4v) is 3.13. The highest BCUT2D eigenvalue weighted by Gasteiger charge is 2.32. The molecule has 0 aromatic heterocycles. The summed E-state index contributed by atoms with van der Waals surface area (Å²) >= 11 is 2.50. The highest BCUT2D eigenvalue weighted by atomic mass is 127. The molecule has 2 bridgehead atoms. The fourth-order valence-electron chi connectivity index (χ4n) is 2.33. The summed E-state index contributed by atoms with van der Waals surface area (Å²) in [6.07, 6.45) is 8.21. The predicted octanol–water partition coefficient (Wildman–Crippen LogP) is 3.17. The van der Waals surface area contributed by atoms with Crippen molar-refractivity contribution in [1.29, 1.82) is 0 Å². The van der Waals surface area contributed by atoms with Crippen LogP contribution in [0.2, 0.25) is 0 Å². The molecule has 0 aliphatic heterocycles. The maximum absolute atomic E-state index is 2.50. The Labute approximate surface area is 76.2 Å². The van der Waals surface area contributed by atoms with E-state index in [-0.39, 0.29) is 0 Å². The van der Waals surface area contributed by atoms with Crippen LogP contribution in [0.3, 0.4) is 0 Å². The second-order valence-corrected chi connectivity index (χ2v) is 4.58. The van der Waals surface area contributed by atoms with E-state index in [4.69, 9.17) is 0 Å². The van der Waals surface area contributed by atoms with Gasteiger partial charge in [0.15, 0.2) is 0 Å². The number of rotatable bonds is 2. The molecule has 0 saturated heterocycles. The van der Waals surface area contributed by atoms with E-state index in [0.29, 0.717) is 0 Å². The van der Waals surface area contributed by atoms with Crippen LogP contribution in [0.25, 0.3) is 0 Å². The predicted molar refractivity (Wildman–Crippen MR) is 52.4 cm³/mol. The standard InChI is InChI=1S/C9H13I/c10-4-3-9-6-7-1-2-8(9)5-7/h1,8-9H,2-6H2. The van der Waals surface area contributed by atoms with E-state index < -0.39 is 0 Å². The Morgan fingerprint density at radius 3 is 2.90 bits per heavy atom. The summed E-state index contributed by atoms with van der Waals surface area (Å²) in [5.74, 6) is 2.13. The first-order valence-electron chi connectivity index (χ1n) is 4.14.